The molecule has 5 nitrogen and oxygen atoms in total. The number of aromatic amines is 1. The highest BCUT2D eigenvalue weighted by Crippen LogP contribution is 2.42. The van der Waals surface area contributed by atoms with Crippen molar-refractivity contribution in [1.29, 1.82) is 0 Å². The Morgan fingerprint density at radius 3 is 2.82 bits per heavy atom. The molecular formula is C22H22N4OS. The lowest BCUT2D eigenvalue weighted by molar-refractivity contribution is 0.415. The standard InChI is InChI=1S/C22H22N4OS/c1-3-15-6-8-19(28-15)21-20-16(9-12-26(21)22-23-10-4-11-24-22)17-13-14(27-2)5-7-18(17)25-20/h4-8,10-11,13,21,25H,3,9,12H2,1-2H3. The summed E-state index contributed by atoms with van der Waals surface area (Å²) < 4.78 is 5.46. The molecule has 1 N–H and O–H groups in total. The normalized spacial score (nSPS) is 16.4. The number of ether oxygens (including phenoxy) is 1. The summed E-state index contributed by atoms with van der Waals surface area (Å²) in [5.74, 6) is 1.67. The van der Waals surface area contributed by atoms with Crippen molar-refractivity contribution < 1.29 is 4.74 Å². The molecule has 142 valence electrons. The number of anilines is 1. The summed E-state index contributed by atoms with van der Waals surface area (Å²) in [7, 11) is 1.72. The summed E-state index contributed by atoms with van der Waals surface area (Å²) in [6.07, 6.45) is 5.63. The molecule has 0 saturated heterocycles. The minimum Gasteiger partial charge on any atom is -0.497 e. The summed E-state index contributed by atoms with van der Waals surface area (Å²) in [5, 5.41) is 1.25. The van der Waals surface area contributed by atoms with Crippen LogP contribution in [0.4, 0.5) is 5.95 Å². The predicted octanol–water partition coefficient (Wildman–Crippen LogP) is 4.74. The van der Waals surface area contributed by atoms with Crippen LogP contribution in [0.3, 0.4) is 0 Å². The third-order valence-corrected chi connectivity index (χ3v) is 6.73. The number of aryl methyl sites for hydroxylation is 1. The van der Waals surface area contributed by atoms with Crippen LogP contribution in [0.2, 0.25) is 0 Å². The van der Waals surface area contributed by atoms with Crippen LogP contribution in [0.1, 0.15) is 34.0 Å². The second kappa shape index (κ2) is 6.95. The molecule has 1 atom stereocenters. The Hall–Kier alpha value is -2.86. The molecular weight excluding hydrogens is 368 g/mol. The SMILES string of the molecule is CCc1ccc(C2c3[nH]c4ccc(OC)cc4c3CCN2c2ncccn2)s1. The Kier molecular flexibility index (Phi) is 4.28. The van der Waals surface area contributed by atoms with Gasteiger partial charge in [-0.3, -0.25) is 0 Å². The lowest BCUT2D eigenvalue weighted by Crippen LogP contribution is -2.36. The van der Waals surface area contributed by atoms with Crippen LogP contribution >= 0.6 is 11.3 Å². The molecule has 1 unspecified atom stereocenters. The van der Waals surface area contributed by atoms with Crippen molar-refractivity contribution in [3.8, 4) is 5.75 Å². The van der Waals surface area contributed by atoms with Gasteiger partial charge in [0.25, 0.3) is 0 Å². The number of methoxy groups -OCH3 is 1. The highest BCUT2D eigenvalue weighted by Gasteiger charge is 2.34. The van der Waals surface area contributed by atoms with E-state index in [2.05, 4.69) is 51.0 Å². The van der Waals surface area contributed by atoms with Crippen molar-refractivity contribution in [2.24, 2.45) is 0 Å². The van der Waals surface area contributed by atoms with Gasteiger partial charge in [-0.05, 0) is 54.8 Å². The quantitative estimate of drug-likeness (QED) is 0.547. The minimum atomic E-state index is 0.0924. The van der Waals surface area contributed by atoms with E-state index >= 15 is 0 Å². The Morgan fingerprint density at radius 1 is 1.21 bits per heavy atom. The second-order valence-corrected chi connectivity index (χ2v) is 8.18. The van der Waals surface area contributed by atoms with Crippen LogP contribution in [0.25, 0.3) is 10.9 Å². The Labute approximate surface area is 168 Å². The molecule has 4 aromatic rings. The number of hydrogen-bond acceptors (Lipinski definition) is 5. The van der Waals surface area contributed by atoms with Gasteiger partial charge in [0.2, 0.25) is 5.95 Å². The van der Waals surface area contributed by atoms with Crippen molar-refractivity contribution in [2.45, 2.75) is 25.8 Å². The molecule has 6 heteroatoms. The minimum absolute atomic E-state index is 0.0924. The van der Waals surface area contributed by atoms with E-state index in [-0.39, 0.29) is 6.04 Å². The first-order chi connectivity index (χ1) is 13.8. The van der Waals surface area contributed by atoms with Gasteiger partial charge in [-0.15, -0.1) is 11.3 Å². The lowest BCUT2D eigenvalue weighted by Gasteiger charge is -2.35. The molecule has 0 spiro atoms. The van der Waals surface area contributed by atoms with E-state index in [1.165, 1.54) is 26.4 Å². The summed E-state index contributed by atoms with van der Waals surface area (Å²) in [6.45, 7) is 3.08. The van der Waals surface area contributed by atoms with E-state index in [0.29, 0.717) is 0 Å². The van der Waals surface area contributed by atoms with Crippen LogP contribution < -0.4 is 9.64 Å². The molecule has 1 aliphatic rings. The Morgan fingerprint density at radius 2 is 2.07 bits per heavy atom. The number of rotatable bonds is 4. The number of fused-ring (bicyclic) bond motifs is 3. The van der Waals surface area contributed by atoms with Gasteiger partial charge in [0.1, 0.15) is 11.8 Å². The maximum Gasteiger partial charge on any atom is 0.226 e. The van der Waals surface area contributed by atoms with Gasteiger partial charge in [-0.25, -0.2) is 9.97 Å². The van der Waals surface area contributed by atoms with E-state index < -0.39 is 0 Å². The molecule has 28 heavy (non-hydrogen) atoms. The smallest absolute Gasteiger partial charge is 0.226 e. The topological polar surface area (TPSA) is 54.0 Å². The van der Waals surface area contributed by atoms with Crippen LogP contribution in [0, 0.1) is 0 Å². The summed E-state index contributed by atoms with van der Waals surface area (Å²) in [4.78, 5) is 17.8. The second-order valence-electron chi connectivity index (χ2n) is 6.98. The molecule has 0 radical (unpaired) electrons. The first kappa shape index (κ1) is 17.3. The molecule has 0 aliphatic carbocycles. The fourth-order valence-electron chi connectivity index (χ4n) is 4.08. The fourth-order valence-corrected chi connectivity index (χ4v) is 5.15. The highest BCUT2D eigenvalue weighted by atomic mass is 32.1. The third-order valence-electron chi connectivity index (χ3n) is 5.44. The first-order valence-electron chi connectivity index (χ1n) is 9.59. The van der Waals surface area contributed by atoms with Crippen molar-refractivity contribution in [1.82, 2.24) is 15.0 Å². The average molecular weight is 391 g/mol. The number of benzene rings is 1. The van der Waals surface area contributed by atoms with Crippen molar-refractivity contribution in [2.75, 3.05) is 18.6 Å². The molecule has 3 aromatic heterocycles. The zero-order valence-electron chi connectivity index (χ0n) is 16.0. The zero-order chi connectivity index (χ0) is 19.1. The van der Waals surface area contributed by atoms with E-state index in [9.17, 15) is 0 Å². The van der Waals surface area contributed by atoms with Gasteiger partial charge in [-0.2, -0.15) is 0 Å². The number of thiophene rings is 1. The number of nitrogens with one attached hydrogen (secondary N) is 1. The Balaban J connectivity index is 1.69. The number of nitrogens with zero attached hydrogens (tertiary/aromatic N) is 3. The van der Waals surface area contributed by atoms with E-state index in [1.807, 2.05) is 35.9 Å². The highest BCUT2D eigenvalue weighted by molar-refractivity contribution is 7.12. The van der Waals surface area contributed by atoms with Gasteiger partial charge >= 0.3 is 0 Å². The molecule has 0 saturated carbocycles. The van der Waals surface area contributed by atoms with Gasteiger partial charge in [0.05, 0.1) is 7.11 Å². The van der Waals surface area contributed by atoms with E-state index in [1.54, 1.807) is 7.11 Å². The molecule has 1 aromatic carbocycles. The average Bonchev–Trinajstić information content (AvgIpc) is 3.37. The maximum absolute atomic E-state index is 5.46. The monoisotopic (exact) mass is 390 g/mol. The predicted molar refractivity (Wildman–Crippen MR) is 113 cm³/mol. The zero-order valence-corrected chi connectivity index (χ0v) is 16.8. The lowest BCUT2D eigenvalue weighted by atomic mass is 9.96. The van der Waals surface area contributed by atoms with Crippen LogP contribution in [0.5, 0.6) is 5.75 Å². The van der Waals surface area contributed by atoms with E-state index in [0.717, 1.165) is 36.6 Å². The van der Waals surface area contributed by atoms with Crippen molar-refractivity contribution in [3.63, 3.8) is 0 Å². The fraction of sp³-hybridized carbons (Fsp3) is 0.273. The molecule has 0 fully saturated rings. The number of H-pyrrole nitrogens is 1. The van der Waals surface area contributed by atoms with Gasteiger partial charge in [0, 0.05) is 45.3 Å². The van der Waals surface area contributed by atoms with Gasteiger partial charge in [0.15, 0.2) is 0 Å². The van der Waals surface area contributed by atoms with Crippen LogP contribution in [0.15, 0.2) is 48.8 Å². The Bertz CT molecular complexity index is 1120. The summed E-state index contributed by atoms with van der Waals surface area (Å²) in [5.41, 5.74) is 3.77. The van der Waals surface area contributed by atoms with Crippen LogP contribution in [-0.4, -0.2) is 28.6 Å². The first-order valence-corrected chi connectivity index (χ1v) is 10.4. The van der Waals surface area contributed by atoms with Gasteiger partial charge < -0.3 is 14.6 Å². The van der Waals surface area contributed by atoms with Crippen molar-refractivity contribution >= 4 is 28.2 Å². The van der Waals surface area contributed by atoms with Crippen molar-refractivity contribution in [3.05, 3.63) is 69.8 Å². The van der Waals surface area contributed by atoms with E-state index in [4.69, 9.17) is 4.74 Å². The maximum atomic E-state index is 5.46. The molecule has 0 amide bonds. The molecule has 4 heterocycles. The molecule has 1 aliphatic heterocycles. The third kappa shape index (κ3) is 2.76. The number of aromatic nitrogens is 3. The summed E-state index contributed by atoms with van der Waals surface area (Å²) in [6, 6.07) is 12.7. The van der Waals surface area contributed by atoms with Gasteiger partial charge in [-0.1, -0.05) is 6.92 Å². The summed E-state index contributed by atoms with van der Waals surface area (Å²) >= 11 is 1.88. The van der Waals surface area contributed by atoms with Crippen LogP contribution in [-0.2, 0) is 12.8 Å². The largest absolute Gasteiger partial charge is 0.497 e. The number of hydrogen-bond donors (Lipinski definition) is 1. The molecule has 5 rings (SSSR count). The molecule has 0 bridgehead atoms.